The second-order valence-electron chi connectivity index (χ2n) is 10.3. The molecule has 0 aromatic heterocycles. The molecule has 2 aliphatic heterocycles. The monoisotopic (exact) mass is 479 g/mol. The van der Waals surface area contributed by atoms with Crippen LogP contribution in [0.1, 0.15) is 49.8 Å². The number of benzene rings is 2. The Labute approximate surface area is 208 Å². The first-order chi connectivity index (χ1) is 16.6. The van der Waals surface area contributed by atoms with Crippen LogP contribution in [0.4, 0.5) is 0 Å². The lowest BCUT2D eigenvalue weighted by molar-refractivity contribution is -0.140. The van der Waals surface area contributed by atoms with Crippen LogP contribution >= 0.6 is 11.9 Å². The molecule has 6 heteroatoms. The highest BCUT2D eigenvalue weighted by Crippen LogP contribution is 2.34. The highest BCUT2D eigenvalue weighted by atomic mass is 32.2. The summed E-state index contributed by atoms with van der Waals surface area (Å²) < 4.78 is 9.74. The summed E-state index contributed by atoms with van der Waals surface area (Å²) in [5.41, 5.74) is 2.39. The third-order valence-corrected chi connectivity index (χ3v) is 8.25. The summed E-state index contributed by atoms with van der Waals surface area (Å²) >= 11 is 1.70. The fourth-order valence-electron chi connectivity index (χ4n) is 5.11. The molecule has 1 N–H and O–H groups in total. The molecule has 2 fully saturated rings. The zero-order valence-electron chi connectivity index (χ0n) is 20.4. The van der Waals surface area contributed by atoms with Gasteiger partial charge in [-0.1, -0.05) is 37.3 Å². The van der Waals surface area contributed by atoms with E-state index in [0.29, 0.717) is 0 Å². The summed E-state index contributed by atoms with van der Waals surface area (Å²) in [5, 5.41) is 0. The molecule has 2 unspecified atom stereocenters. The molecule has 1 saturated carbocycles. The topological polar surface area (TPSA) is 44.8 Å². The Balaban J connectivity index is 1.24. The number of hydrogen-bond donors (Lipinski definition) is 1. The van der Waals surface area contributed by atoms with Crippen molar-refractivity contribution in [2.75, 3.05) is 33.2 Å². The van der Waals surface area contributed by atoms with Gasteiger partial charge in [0.25, 0.3) is 5.91 Å². The zero-order chi connectivity index (χ0) is 23.5. The number of amides is 1. The third-order valence-electron chi connectivity index (χ3n) is 7.45. The highest BCUT2D eigenvalue weighted by molar-refractivity contribution is 7.97. The van der Waals surface area contributed by atoms with Crippen LogP contribution in [0.3, 0.4) is 0 Å². The van der Waals surface area contributed by atoms with Gasteiger partial charge in [0.1, 0.15) is 5.75 Å². The number of carbonyl (C=O) groups excluding carboxylic acids is 1. The molecular formula is C28H37N3O2S. The van der Waals surface area contributed by atoms with Gasteiger partial charge in [-0.2, -0.15) is 0 Å². The molecule has 1 aliphatic carbocycles. The fourth-order valence-corrected chi connectivity index (χ4v) is 5.93. The third kappa shape index (κ3) is 5.78. The van der Waals surface area contributed by atoms with Gasteiger partial charge in [-0.25, -0.2) is 0 Å². The lowest BCUT2D eigenvalue weighted by atomic mass is 10.00. The van der Waals surface area contributed by atoms with Gasteiger partial charge in [0.05, 0.1) is 6.04 Å². The first kappa shape index (κ1) is 23.7. The Kier molecular flexibility index (Phi) is 7.47. The lowest BCUT2D eigenvalue weighted by Gasteiger charge is -2.35. The summed E-state index contributed by atoms with van der Waals surface area (Å²) in [7, 11) is 1.95. The Morgan fingerprint density at radius 3 is 2.74 bits per heavy atom. The Morgan fingerprint density at radius 2 is 2.00 bits per heavy atom. The van der Waals surface area contributed by atoms with E-state index in [9.17, 15) is 4.79 Å². The number of likely N-dealkylation sites (N-methyl/N-ethyl adjacent to an activating group) is 1. The first-order valence-corrected chi connectivity index (χ1v) is 13.6. The van der Waals surface area contributed by atoms with E-state index < -0.39 is 6.10 Å². The number of ether oxygens (including phenoxy) is 1. The maximum Gasteiger partial charge on any atom is 0.263 e. The molecule has 3 atom stereocenters. The number of nitrogens with zero attached hydrogens (tertiary/aromatic N) is 2. The molecule has 5 nitrogen and oxygen atoms in total. The normalized spacial score (nSPS) is 23.2. The fraction of sp³-hybridized carbons (Fsp3) is 0.536. The van der Waals surface area contributed by atoms with Crippen LogP contribution in [0.15, 0.2) is 53.4 Å². The van der Waals surface area contributed by atoms with Gasteiger partial charge < -0.3 is 14.5 Å². The average molecular weight is 480 g/mol. The van der Waals surface area contributed by atoms with Gasteiger partial charge in [-0.05, 0) is 91.8 Å². The molecule has 1 saturated heterocycles. The maximum atomic E-state index is 13.6. The molecule has 182 valence electrons. The predicted octanol–water partition coefficient (Wildman–Crippen LogP) is 4.93. The van der Waals surface area contributed by atoms with Gasteiger partial charge in [0.2, 0.25) is 0 Å². The summed E-state index contributed by atoms with van der Waals surface area (Å²) in [4.78, 5) is 19.3. The molecule has 2 aromatic rings. The Morgan fingerprint density at radius 1 is 1.18 bits per heavy atom. The summed E-state index contributed by atoms with van der Waals surface area (Å²) in [6.07, 6.45) is 5.12. The van der Waals surface area contributed by atoms with E-state index in [4.69, 9.17) is 4.74 Å². The molecule has 1 amide bonds. The SMILES string of the molecule is C[C@H]1CCN(CC(c2ccccc2)N(C)C(=O)C2CCc3cc(SNCC4CC4)ccc3O2)C1. The predicted molar refractivity (Wildman–Crippen MR) is 138 cm³/mol. The number of hydrogen-bond acceptors (Lipinski definition) is 5. The van der Waals surface area contributed by atoms with E-state index in [0.717, 1.165) is 56.6 Å². The minimum Gasteiger partial charge on any atom is -0.480 e. The number of carbonyl (C=O) groups is 1. The van der Waals surface area contributed by atoms with Crippen molar-refractivity contribution >= 4 is 17.9 Å². The number of rotatable bonds is 9. The largest absolute Gasteiger partial charge is 0.480 e. The van der Waals surface area contributed by atoms with Crippen molar-refractivity contribution in [3.63, 3.8) is 0 Å². The standard InChI is InChI=1S/C28H37N3O2S/c1-20-14-15-31(18-20)19-25(22-6-4-3-5-7-22)30(2)28(32)27-12-10-23-16-24(11-13-26(23)33-27)34-29-17-21-8-9-21/h3-7,11,13,16,20-21,25,27,29H,8-10,12,14-15,17-19H2,1-2H3/t20-,25?,27?/m0/s1. The lowest BCUT2D eigenvalue weighted by Crippen LogP contribution is -2.46. The van der Waals surface area contributed by atoms with Crippen molar-refractivity contribution in [1.29, 1.82) is 0 Å². The van der Waals surface area contributed by atoms with E-state index in [-0.39, 0.29) is 11.9 Å². The summed E-state index contributed by atoms with van der Waals surface area (Å²) in [6, 6.07) is 16.8. The molecule has 5 rings (SSSR count). The van der Waals surface area contributed by atoms with Gasteiger partial charge in [0, 0.05) is 31.6 Å². The number of fused-ring (bicyclic) bond motifs is 1. The van der Waals surface area contributed by atoms with Gasteiger partial charge in [-0.3, -0.25) is 9.52 Å². The van der Waals surface area contributed by atoms with Crippen molar-refractivity contribution in [2.24, 2.45) is 11.8 Å². The van der Waals surface area contributed by atoms with Crippen LogP contribution in [0.25, 0.3) is 0 Å². The number of aryl methyl sites for hydroxylation is 1. The molecule has 34 heavy (non-hydrogen) atoms. The first-order valence-electron chi connectivity index (χ1n) is 12.8. The van der Waals surface area contributed by atoms with Crippen LogP contribution in [-0.4, -0.2) is 55.0 Å². The maximum absolute atomic E-state index is 13.6. The van der Waals surface area contributed by atoms with E-state index in [2.05, 4.69) is 52.9 Å². The number of likely N-dealkylation sites (tertiary alicyclic amines) is 1. The molecule has 0 spiro atoms. The van der Waals surface area contributed by atoms with E-state index in [1.54, 1.807) is 11.9 Å². The molecule has 0 radical (unpaired) electrons. The summed E-state index contributed by atoms with van der Waals surface area (Å²) in [5.74, 6) is 2.53. The van der Waals surface area contributed by atoms with Gasteiger partial charge >= 0.3 is 0 Å². The minimum absolute atomic E-state index is 0.0281. The molecule has 0 bridgehead atoms. The van der Waals surface area contributed by atoms with Crippen molar-refractivity contribution in [1.82, 2.24) is 14.5 Å². The average Bonchev–Trinajstić information content (AvgIpc) is 3.60. The smallest absolute Gasteiger partial charge is 0.263 e. The zero-order valence-corrected chi connectivity index (χ0v) is 21.2. The van der Waals surface area contributed by atoms with Crippen LogP contribution in [0, 0.1) is 11.8 Å². The molecule has 2 aromatic carbocycles. The quantitative estimate of drug-likeness (QED) is 0.517. The molecular weight excluding hydrogens is 442 g/mol. The van der Waals surface area contributed by atoms with Crippen molar-refractivity contribution in [3.8, 4) is 5.75 Å². The summed E-state index contributed by atoms with van der Waals surface area (Å²) in [6.45, 7) is 6.48. The minimum atomic E-state index is -0.423. The van der Waals surface area contributed by atoms with E-state index in [1.807, 2.05) is 24.1 Å². The van der Waals surface area contributed by atoms with Crippen molar-refractivity contribution < 1.29 is 9.53 Å². The second-order valence-corrected chi connectivity index (χ2v) is 11.3. The second kappa shape index (κ2) is 10.7. The Hall–Kier alpha value is -2.02. The van der Waals surface area contributed by atoms with Crippen LogP contribution in [-0.2, 0) is 11.2 Å². The molecule has 3 aliphatic rings. The van der Waals surface area contributed by atoms with E-state index in [1.165, 1.54) is 35.3 Å². The van der Waals surface area contributed by atoms with Crippen LogP contribution in [0.5, 0.6) is 5.75 Å². The Bertz CT molecular complexity index is 981. The van der Waals surface area contributed by atoms with Gasteiger partial charge in [0.15, 0.2) is 6.10 Å². The number of nitrogens with one attached hydrogen (secondary N) is 1. The molecule has 2 heterocycles. The van der Waals surface area contributed by atoms with Gasteiger partial charge in [-0.15, -0.1) is 0 Å². The van der Waals surface area contributed by atoms with Crippen molar-refractivity contribution in [3.05, 3.63) is 59.7 Å². The van der Waals surface area contributed by atoms with E-state index >= 15 is 0 Å². The highest BCUT2D eigenvalue weighted by Gasteiger charge is 2.34. The van der Waals surface area contributed by atoms with Crippen LogP contribution < -0.4 is 9.46 Å². The van der Waals surface area contributed by atoms with Crippen molar-refractivity contribution in [2.45, 2.75) is 56.1 Å². The van der Waals surface area contributed by atoms with Crippen LogP contribution in [0.2, 0.25) is 0 Å².